The second-order valence-corrected chi connectivity index (χ2v) is 4.09. The number of esters is 1. The van der Waals surface area contributed by atoms with Crippen LogP contribution >= 0.6 is 0 Å². The summed E-state index contributed by atoms with van der Waals surface area (Å²) in [7, 11) is 1.26. The molecule has 1 amide bonds. The monoisotopic (exact) mass is 281 g/mol. The molecule has 1 aromatic rings. The van der Waals surface area contributed by atoms with Crippen molar-refractivity contribution in [3.63, 3.8) is 0 Å². The second-order valence-electron chi connectivity index (χ2n) is 4.09. The van der Waals surface area contributed by atoms with E-state index in [-0.39, 0.29) is 17.9 Å². The van der Waals surface area contributed by atoms with Gasteiger partial charge < -0.3 is 26.3 Å². The first kappa shape index (κ1) is 15.6. The molecule has 5 N–H and O–H groups in total. The average Bonchev–Trinajstić information content (AvgIpc) is 2.42. The zero-order valence-electron chi connectivity index (χ0n) is 11.6. The number of hydrogen-bond donors (Lipinski definition) is 3. The number of rotatable bonds is 7. The predicted octanol–water partition coefficient (Wildman–Crippen LogP) is 0.741. The van der Waals surface area contributed by atoms with E-state index in [0.29, 0.717) is 17.9 Å². The summed E-state index contributed by atoms with van der Waals surface area (Å²) in [5, 5.41) is 3.08. The lowest BCUT2D eigenvalue weighted by atomic mass is 10.1. The molecule has 0 bridgehead atoms. The Bertz CT molecular complexity index is 503. The van der Waals surface area contributed by atoms with Crippen LogP contribution in [0.1, 0.15) is 23.7 Å². The Hall–Kier alpha value is -2.44. The van der Waals surface area contributed by atoms with Crippen LogP contribution in [0.4, 0.5) is 11.4 Å². The molecule has 0 saturated heterocycles. The number of primary amides is 1. The van der Waals surface area contributed by atoms with E-state index in [0.717, 1.165) is 6.42 Å². The largest absolute Gasteiger partial charge is 0.480 e. The highest BCUT2D eigenvalue weighted by atomic mass is 16.6. The van der Waals surface area contributed by atoms with Crippen molar-refractivity contribution in [2.24, 2.45) is 5.73 Å². The van der Waals surface area contributed by atoms with Crippen LogP contribution in [0.25, 0.3) is 0 Å². The number of nitrogens with two attached hydrogens (primary N) is 2. The van der Waals surface area contributed by atoms with Gasteiger partial charge in [0, 0.05) is 12.1 Å². The summed E-state index contributed by atoms with van der Waals surface area (Å²) in [6.07, 6.45) is 0.882. The Labute approximate surface area is 117 Å². The van der Waals surface area contributed by atoms with E-state index >= 15 is 0 Å². The van der Waals surface area contributed by atoms with E-state index in [2.05, 4.69) is 10.1 Å². The second kappa shape index (κ2) is 7.22. The van der Waals surface area contributed by atoms with Gasteiger partial charge in [0.05, 0.1) is 12.8 Å². The first-order valence-electron chi connectivity index (χ1n) is 6.16. The van der Waals surface area contributed by atoms with Crippen molar-refractivity contribution >= 4 is 23.3 Å². The molecule has 0 atom stereocenters. The lowest BCUT2D eigenvalue weighted by Gasteiger charge is -2.15. The summed E-state index contributed by atoms with van der Waals surface area (Å²) in [6.45, 7) is 2.39. The topological polar surface area (TPSA) is 117 Å². The highest BCUT2D eigenvalue weighted by Gasteiger charge is 2.14. The molecule has 0 spiro atoms. The van der Waals surface area contributed by atoms with Crippen LogP contribution in [0.2, 0.25) is 0 Å². The number of anilines is 2. The van der Waals surface area contributed by atoms with Crippen LogP contribution in [-0.4, -0.2) is 32.1 Å². The number of carbonyl (C=O) groups is 2. The summed E-state index contributed by atoms with van der Waals surface area (Å²) in [4.78, 5) is 22.3. The van der Waals surface area contributed by atoms with Crippen LogP contribution < -0.4 is 21.5 Å². The zero-order chi connectivity index (χ0) is 15.1. The van der Waals surface area contributed by atoms with Crippen molar-refractivity contribution in [3.8, 4) is 5.75 Å². The molecule has 0 fully saturated rings. The molecule has 7 nitrogen and oxygen atoms in total. The molecule has 0 saturated carbocycles. The highest BCUT2D eigenvalue weighted by Crippen LogP contribution is 2.32. The number of methoxy groups -OCH3 is 1. The minimum atomic E-state index is -0.623. The fourth-order valence-corrected chi connectivity index (χ4v) is 1.53. The maximum atomic E-state index is 11.2. The van der Waals surface area contributed by atoms with Gasteiger partial charge in [0.15, 0.2) is 6.61 Å². The molecule has 110 valence electrons. The first-order valence-corrected chi connectivity index (χ1v) is 6.16. The first-order chi connectivity index (χ1) is 9.49. The summed E-state index contributed by atoms with van der Waals surface area (Å²) in [5.74, 6) is -0.867. The van der Waals surface area contributed by atoms with Gasteiger partial charge in [0.2, 0.25) is 5.91 Å². The Morgan fingerprint density at radius 1 is 1.35 bits per heavy atom. The van der Waals surface area contributed by atoms with Crippen LogP contribution in [0, 0.1) is 0 Å². The third-order valence-electron chi connectivity index (χ3n) is 2.54. The summed E-state index contributed by atoms with van der Waals surface area (Å²) >= 11 is 0. The van der Waals surface area contributed by atoms with Gasteiger partial charge in [0.1, 0.15) is 11.4 Å². The molecule has 0 aromatic heterocycles. The molecule has 0 aliphatic rings. The van der Waals surface area contributed by atoms with E-state index in [1.807, 2.05) is 6.92 Å². The maximum absolute atomic E-state index is 11.2. The Kier molecular flexibility index (Phi) is 5.64. The molecule has 0 heterocycles. The molecule has 1 rings (SSSR count). The fourth-order valence-electron chi connectivity index (χ4n) is 1.53. The molecule has 7 heteroatoms. The number of benzene rings is 1. The van der Waals surface area contributed by atoms with E-state index in [1.165, 1.54) is 19.2 Å². The van der Waals surface area contributed by atoms with Gasteiger partial charge in [-0.25, -0.2) is 4.79 Å². The van der Waals surface area contributed by atoms with Crippen molar-refractivity contribution in [1.82, 2.24) is 0 Å². The normalized spacial score (nSPS) is 9.90. The molecule has 0 radical (unpaired) electrons. The van der Waals surface area contributed by atoms with E-state index in [4.69, 9.17) is 16.2 Å². The van der Waals surface area contributed by atoms with Gasteiger partial charge in [0.25, 0.3) is 0 Å². The number of amides is 1. The molecule has 0 aliphatic heterocycles. The van der Waals surface area contributed by atoms with Crippen molar-refractivity contribution < 1.29 is 19.1 Å². The van der Waals surface area contributed by atoms with E-state index in [1.54, 1.807) is 0 Å². The van der Waals surface area contributed by atoms with Gasteiger partial charge in [-0.05, 0) is 18.6 Å². The SMILES string of the molecule is CCCNc1c(N)cc(C(N)=O)cc1OCC(=O)OC. The lowest BCUT2D eigenvalue weighted by molar-refractivity contribution is -0.142. The van der Waals surface area contributed by atoms with Crippen molar-refractivity contribution in [2.45, 2.75) is 13.3 Å². The van der Waals surface area contributed by atoms with Gasteiger partial charge in [-0.3, -0.25) is 4.79 Å². The van der Waals surface area contributed by atoms with Crippen molar-refractivity contribution in [3.05, 3.63) is 17.7 Å². The highest BCUT2D eigenvalue weighted by molar-refractivity contribution is 5.96. The number of hydrogen-bond acceptors (Lipinski definition) is 6. The summed E-state index contributed by atoms with van der Waals surface area (Å²) < 4.78 is 9.83. The molecular formula is C13H19N3O4. The van der Waals surface area contributed by atoms with Crippen LogP contribution in [0.3, 0.4) is 0 Å². The molecule has 0 unspecified atom stereocenters. The molecule has 1 aromatic carbocycles. The number of nitrogens with one attached hydrogen (secondary N) is 1. The van der Waals surface area contributed by atoms with Gasteiger partial charge in [-0.1, -0.05) is 6.92 Å². The van der Waals surface area contributed by atoms with Gasteiger partial charge in [-0.15, -0.1) is 0 Å². The smallest absolute Gasteiger partial charge is 0.343 e. The van der Waals surface area contributed by atoms with E-state index < -0.39 is 11.9 Å². The third kappa shape index (κ3) is 4.04. The predicted molar refractivity (Wildman–Crippen MR) is 75.7 cm³/mol. The Balaban J connectivity index is 3.06. The molecule has 20 heavy (non-hydrogen) atoms. The number of ether oxygens (including phenoxy) is 2. The van der Waals surface area contributed by atoms with Gasteiger partial charge in [-0.2, -0.15) is 0 Å². The van der Waals surface area contributed by atoms with Gasteiger partial charge >= 0.3 is 5.97 Å². The third-order valence-corrected chi connectivity index (χ3v) is 2.54. The molecular weight excluding hydrogens is 262 g/mol. The Morgan fingerprint density at radius 3 is 2.60 bits per heavy atom. The standard InChI is InChI=1S/C13H19N3O4/c1-3-4-16-12-9(14)5-8(13(15)18)6-10(12)20-7-11(17)19-2/h5-6,16H,3-4,7,14H2,1-2H3,(H2,15,18). The lowest BCUT2D eigenvalue weighted by Crippen LogP contribution is -2.16. The summed E-state index contributed by atoms with van der Waals surface area (Å²) in [5.41, 5.74) is 12.2. The Morgan fingerprint density at radius 2 is 2.05 bits per heavy atom. The van der Waals surface area contributed by atoms with Crippen molar-refractivity contribution in [2.75, 3.05) is 31.3 Å². The maximum Gasteiger partial charge on any atom is 0.343 e. The van der Waals surface area contributed by atoms with Crippen LogP contribution in [-0.2, 0) is 9.53 Å². The van der Waals surface area contributed by atoms with Crippen LogP contribution in [0.5, 0.6) is 5.75 Å². The van der Waals surface area contributed by atoms with E-state index in [9.17, 15) is 9.59 Å². The number of nitrogen functional groups attached to an aromatic ring is 1. The zero-order valence-corrected chi connectivity index (χ0v) is 11.6. The van der Waals surface area contributed by atoms with Crippen LogP contribution in [0.15, 0.2) is 12.1 Å². The summed E-state index contributed by atoms with van der Waals surface area (Å²) in [6, 6.07) is 2.91. The quantitative estimate of drug-likeness (QED) is 0.501. The average molecular weight is 281 g/mol. The number of carbonyl (C=O) groups excluding carboxylic acids is 2. The van der Waals surface area contributed by atoms with Crippen molar-refractivity contribution in [1.29, 1.82) is 0 Å². The molecule has 0 aliphatic carbocycles. The fraction of sp³-hybridized carbons (Fsp3) is 0.385. The minimum Gasteiger partial charge on any atom is -0.480 e. The minimum absolute atomic E-state index is 0.212.